The van der Waals surface area contributed by atoms with Gasteiger partial charge < -0.3 is 10.5 Å². The van der Waals surface area contributed by atoms with Gasteiger partial charge in [0.2, 0.25) is 0 Å². The Hall–Kier alpha value is -0.420. The predicted octanol–water partition coefficient (Wildman–Crippen LogP) is 2.56. The van der Waals surface area contributed by atoms with E-state index in [1.165, 1.54) is 29.0 Å². The van der Waals surface area contributed by atoms with Gasteiger partial charge in [-0.3, -0.25) is 4.90 Å². The van der Waals surface area contributed by atoms with E-state index in [1.807, 2.05) is 11.3 Å². The predicted molar refractivity (Wildman–Crippen MR) is 79.6 cm³/mol. The maximum absolute atomic E-state index is 6.09. The summed E-state index contributed by atoms with van der Waals surface area (Å²) in [5.41, 5.74) is 6.09. The second kappa shape index (κ2) is 5.92. The first-order chi connectivity index (χ1) is 9.33. The van der Waals surface area contributed by atoms with Gasteiger partial charge in [-0.2, -0.15) is 0 Å². The molecule has 3 nitrogen and oxygen atoms in total. The van der Waals surface area contributed by atoms with E-state index in [4.69, 9.17) is 10.5 Å². The molecule has 1 aromatic rings. The molecule has 0 radical (unpaired) electrons. The number of fused-ring (bicyclic) bond motifs is 1. The lowest BCUT2D eigenvalue weighted by molar-refractivity contribution is -0.0706. The quantitative estimate of drug-likeness (QED) is 0.921. The minimum absolute atomic E-state index is 0.389. The lowest BCUT2D eigenvalue weighted by atomic mass is 10.1. The molecule has 0 aromatic carbocycles. The Morgan fingerprint density at radius 2 is 2.37 bits per heavy atom. The van der Waals surface area contributed by atoms with Crippen molar-refractivity contribution in [3.05, 3.63) is 21.9 Å². The first kappa shape index (κ1) is 13.6. The Kier molecular flexibility index (Phi) is 4.22. The highest BCUT2D eigenvalue weighted by Crippen LogP contribution is 2.36. The van der Waals surface area contributed by atoms with Gasteiger partial charge in [-0.1, -0.05) is 6.92 Å². The van der Waals surface area contributed by atoms with Crippen molar-refractivity contribution in [3.63, 3.8) is 0 Å². The molecule has 3 unspecified atom stereocenters. The van der Waals surface area contributed by atoms with E-state index in [2.05, 4.69) is 24.0 Å². The molecule has 2 fully saturated rings. The highest BCUT2D eigenvalue weighted by molar-refractivity contribution is 7.12. The number of nitrogens with zero attached hydrogens (tertiary/aromatic N) is 1. The van der Waals surface area contributed by atoms with Crippen LogP contribution in [0.1, 0.15) is 42.0 Å². The van der Waals surface area contributed by atoms with Gasteiger partial charge in [0.05, 0.1) is 18.8 Å². The van der Waals surface area contributed by atoms with Gasteiger partial charge in [0.1, 0.15) is 0 Å². The number of nitrogens with two attached hydrogens (primary N) is 1. The number of rotatable bonds is 4. The van der Waals surface area contributed by atoms with Crippen LogP contribution in [0.2, 0.25) is 0 Å². The number of hydrogen-bond acceptors (Lipinski definition) is 4. The molecule has 2 aliphatic rings. The van der Waals surface area contributed by atoms with E-state index in [1.54, 1.807) is 0 Å². The van der Waals surface area contributed by atoms with E-state index in [0.717, 1.165) is 19.6 Å². The van der Waals surface area contributed by atoms with Crippen molar-refractivity contribution in [1.29, 1.82) is 0 Å². The summed E-state index contributed by atoms with van der Waals surface area (Å²) in [6.07, 6.45) is 5.37. The van der Waals surface area contributed by atoms with Crippen LogP contribution in [0.25, 0.3) is 0 Å². The monoisotopic (exact) mass is 280 g/mol. The summed E-state index contributed by atoms with van der Waals surface area (Å²) < 4.78 is 5.91. The van der Waals surface area contributed by atoms with Crippen molar-refractivity contribution in [3.8, 4) is 0 Å². The lowest BCUT2D eigenvalue weighted by Gasteiger charge is -2.42. The van der Waals surface area contributed by atoms with Gasteiger partial charge in [-0.05, 0) is 37.8 Å². The van der Waals surface area contributed by atoms with Gasteiger partial charge >= 0.3 is 0 Å². The largest absolute Gasteiger partial charge is 0.375 e. The molecule has 19 heavy (non-hydrogen) atoms. The van der Waals surface area contributed by atoms with Crippen LogP contribution < -0.4 is 5.73 Å². The Labute approximate surface area is 119 Å². The Morgan fingerprint density at radius 1 is 1.47 bits per heavy atom. The molecular weight excluding hydrogens is 256 g/mol. The second-order valence-corrected chi connectivity index (χ2v) is 6.75. The van der Waals surface area contributed by atoms with Gasteiger partial charge in [-0.15, -0.1) is 11.3 Å². The number of thiophene rings is 1. The number of ether oxygens (including phenoxy) is 1. The molecule has 4 heteroatoms. The molecule has 2 heterocycles. The molecule has 1 aliphatic heterocycles. The fourth-order valence-corrected chi connectivity index (χ4v) is 4.61. The zero-order valence-electron chi connectivity index (χ0n) is 11.7. The maximum Gasteiger partial charge on any atom is 0.0731 e. The molecular formula is C15H24N2OS. The fraction of sp³-hybridized carbons (Fsp3) is 0.733. The van der Waals surface area contributed by atoms with Crippen LogP contribution in [-0.4, -0.2) is 36.7 Å². The first-order valence-electron chi connectivity index (χ1n) is 7.49. The second-order valence-electron chi connectivity index (χ2n) is 5.55. The Bertz CT molecular complexity index is 420. The molecule has 1 saturated carbocycles. The third kappa shape index (κ3) is 2.59. The van der Waals surface area contributed by atoms with E-state index in [0.29, 0.717) is 24.7 Å². The molecule has 2 N–H and O–H groups in total. The minimum Gasteiger partial charge on any atom is -0.375 e. The third-order valence-electron chi connectivity index (χ3n) is 4.51. The van der Waals surface area contributed by atoms with Crippen LogP contribution in [-0.2, 0) is 11.2 Å². The van der Waals surface area contributed by atoms with Crippen molar-refractivity contribution in [1.82, 2.24) is 4.90 Å². The molecule has 0 spiro atoms. The maximum atomic E-state index is 6.09. The average molecular weight is 280 g/mol. The van der Waals surface area contributed by atoms with Gasteiger partial charge in [0, 0.05) is 28.9 Å². The van der Waals surface area contributed by atoms with E-state index < -0.39 is 0 Å². The Morgan fingerprint density at radius 3 is 3.11 bits per heavy atom. The third-order valence-corrected chi connectivity index (χ3v) is 5.84. The summed E-state index contributed by atoms with van der Waals surface area (Å²) in [4.78, 5) is 5.52. The zero-order chi connectivity index (χ0) is 13.2. The SMILES string of the molecule is CCc1ccc(C(CN)N2CCOC3CCCC32)s1. The zero-order valence-corrected chi connectivity index (χ0v) is 12.5. The molecule has 1 saturated heterocycles. The molecule has 3 atom stereocenters. The summed E-state index contributed by atoms with van der Waals surface area (Å²) in [5, 5.41) is 0. The summed E-state index contributed by atoms with van der Waals surface area (Å²) in [5.74, 6) is 0. The van der Waals surface area contributed by atoms with Crippen LogP contribution in [0, 0.1) is 0 Å². The van der Waals surface area contributed by atoms with Crippen molar-refractivity contribution < 1.29 is 4.74 Å². The summed E-state index contributed by atoms with van der Waals surface area (Å²) in [7, 11) is 0. The lowest BCUT2D eigenvalue weighted by Crippen LogP contribution is -2.51. The number of aryl methyl sites for hydroxylation is 1. The van der Waals surface area contributed by atoms with E-state index in [-0.39, 0.29) is 0 Å². The van der Waals surface area contributed by atoms with Crippen LogP contribution in [0.4, 0.5) is 0 Å². The van der Waals surface area contributed by atoms with E-state index in [9.17, 15) is 0 Å². The van der Waals surface area contributed by atoms with Gasteiger partial charge in [0.25, 0.3) is 0 Å². The molecule has 106 valence electrons. The first-order valence-corrected chi connectivity index (χ1v) is 8.31. The van der Waals surface area contributed by atoms with Crippen LogP contribution in [0.3, 0.4) is 0 Å². The van der Waals surface area contributed by atoms with Gasteiger partial charge in [0.15, 0.2) is 0 Å². The molecule has 1 aliphatic carbocycles. The standard InChI is InChI=1S/C15H24N2OS/c1-2-11-6-7-15(19-11)13(10-16)17-8-9-18-14-5-3-4-12(14)17/h6-7,12-14H,2-5,8-10,16H2,1H3. The number of hydrogen-bond donors (Lipinski definition) is 1. The van der Waals surface area contributed by atoms with Crippen molar-refractivity contribution in [2.75, 3.05) is 19.7 Å². The molecule has 0 amide bonds. The normalized spacial score (nSPS) is 29.4. The fourth-order valence-electron chi connectivity index (χ4n) is 3.52. The summed E-state index contributed by atoms with van der Waals surface area (Å²) >= 11 is 1.93. The highest BCUT2D eigenvalue weighted by Gasteiger charge is 2.39. The molecule has 3 rings (SSSR count). The van der Waals surface area contributed by atoms with Crippen molar-refractivity contribution >= 4 is 11.3 Å². The molecule has 1 aromatic heterocycles. The number of morpholine rings is 1. The van der Waals surface area contributed by atoms with Crippen molar-refractivity contribution in [2.45, 2.75) is 50.8 Å². The minimum atomic E-state index is 0.389. The topological polar surface area (TPSA) is 38.5 Å². The van der Waals surface area contributed by atoms with Crippen molar-refractivity contribution in [2.24, 2.45) is 5.73 Å². The Balaban J connectivity index is 1.80. The highest BCUT2D eigenvalue weighted by atomic mass is 32.1. The summed E-state index contributed by atoms with van der Waals surface area (Å²) in [6.45, 7) is 4.83. The van der Waals surface area contributed by atoms with Crippen LogP contribution in [0.5, 0.6) is 0 Å². The smallest absolute Gasteiger partial charge is 0.0731 e. The summed E-state index contributed by atoms with van der Waals surface area (Å²) in [6, 6.07) is 5.52. The van der Waals surface area contributed by atoms with Crippen LogP contribution in [0.15, 0.2) is 12.1 Å². The van der Waals surface area contributed by atoms with Gasteiger partial charge in [-0.25, -0.2) is 0 Å². The average Bonchev–Trinajstić information content (AvgIpc) is 3.08. The van der Waals surface area contributed by atoms with Crippen LogP contribution >= 0.6 is 11.3 Å². The molecule has 0 bridgehead atoms. The van der Waals surface area contributed by atoms with E-state index >= 15 is 0 Å².